The lowest BCUT2D eigenvalue weighted by Gasteiger charge is -2.08. The van der Waals surface area contributed by atoms with Gasteiger partial charge in [0.25, 0.3) is 5.91 Å². The van der Waals surface area contributed by atoms with Crippen LogP contribution in [0.15, 0.2) is 47.6 Å². The van der Waals surface area contributed by atoms with Gasteiger partial charge in [-0.05, 0) is 63.1 Å². The van der Waals surface area contributed by atoms with Crippen molar-refractivity contribution in [3.63, 3.8) is 0 Å². The van der Waals surface area contributed by atoms with Crippen molar-refractivity contribution in [3.05, 3.63) is 64.8 Å². The molecule has 1 aromatic heterocycles. The summed E-state index contributed by atoms with van der Waals surface area (Å²) >= 11 is 0. The molecule has 0 spiro atoms. The van der Waals surface area contributed by atoms with Crippen molar-refractivity contribution < 1.29 is 4.79 Å². The van der Waals surface area contributed by atoms with Gasteiger partial charge in [0.1, 0.15) is 5.49 Å². The average Bonchev–Trinajstić information content (AvgIpc) is 2.41. The number of carbonyl (C=O) groups excluding carboxylic acids is 1. The summed E-state index contributed by atoms with van der Waals surface area (Å²) in [4.78, 5) is 17.1. The van der Waals surface area contributed by atoms with E-state index in [2.05, 4.69) is 4.99 Å². The lowest BCUT2D eigenvalue weighted by Crippen LogP contribution is -2.28. The second-order valence-electron chi connectivity index (χ2n) is 5.26. The smallest absolute Gasteiger partial charge is 0.263 e. The maximum Gasteiger partial charge on any atom is 0.263 e. The summed E-state index contributed by atoms with van der Waals surface area (Å²) in [5.41, 5.74) is 3.68. The van der Waals surface area contributed by atoms with Crippen molar-refractivity contribution in [3.8, 4) is 0 Å². The predicted molar refractivity (Wildman–Crippen MR) is 80.8 cm³/mol. The molecular formula is C17H20N2O. The quantitative estimate of drug-likeness (QED) is 0.824. The maximum atomic E-state index is 12.6. The van der Waals surface area contributed by atoms with Crippen molar-refractivity contribution in [2.45, 2.75) is 33.7 Å². The van der Waals surface area contributed by atoms with Gasteiger partial charge in [0.05, 0.1) is 0 Å². The van der Waals surface area contributed by atoms with Gasteiger partial charge < -0.3 is 0 Å². The zero-order valence-electron chi connectivity index (χ0n) is 12.4. The molecule has 0 saturated heterocycles. The molecule has 104 valence electrons. The number of aromatic nitrogens is 1. The van der Waals surface area contributed by atoms with Gasteiger partial charge in [-0.15, -0.1) is 0 Å². The first kappa shape index (κ1) is 14.3. The van der Waals surface area contributed by atoms with Gasteiger partial charge in [-0.3, -0.25) is 14.4 Å². The Bertz CT molecular complexity index is 696. The van der Waals surface area contributed by atoms with E-state index in [-0.39, 0.29) is 11.9 Å². The minimum Gasteiger partial charge on any atom is -0.268 e. The molecule has 2 aromatic rings. The van der Waals surface area contributed by atoms with Crippen LogP contribution in [0.4, 0.5) is 0 Å². The first-order chi connectivity index (χ1) is 9.49. The molecule has 0 fully saturated rings. The molecule has 20 heavy (non-hydrogen) atoms. The number of hydrogen-bond acceptors (Lipinski definition) is 2. The van der Waals surface area contributed by atoms with Gasteiger partial charge in [0, 0.05) is 17.8 Å². The highest BCUT2D eigenvalue weighted by Crippen LogP contribution is 2.10. The number of pyridine rings is 1. The molecule has 1 aromatic carbocycles. The van der Waals surface area contributed by atoms with Crippen LogP contribution in [0.2, 0.25) is 0 Å². The van der Waals surface area contributed by atoms with Crippen LogP contribution >= 0.6 is 0 Å². The Morgan fingerprint density at radius 1 is 1.10 bits per heavy atom. The van der Waals surface area contributed by atoms with Crippen molar-refractivity contribution in [2.24, 2.45) is 4.99 Å². The van der Waals surface area contributed by atoms with Gasteiger partial charge in [-0.25, -0.2) is 0 Å². The van der Waals surface area contributed by atoms with Crippen LogP contribution in [-0.4, -0.2) is 16.5 Å². The summed E-state index contributed by atoms with van der Waals surface area (Å²) in [5.74, 6) is -0.0481. The zero-order valence-corrected chi connectivity index (χ0v) is 12.4. The molecule has 0 radical (unpaired) electrons. The summed E-state index contributed by atoms with van der Waals surface area (Å²) in [7, 11) is 0. The molecule has 0 aliphatic rings. The third-order valence-electron chi connectivity index (χ3n) is 3.20. The second-order valence-corrected chi connectivity index (χ2v) is 5.26. The fourth-order valence-electron chi connectivity index (χ4n) is 1.99. The third-order valence-corrected chi connectivity index (χ3v) is 3.20. The first-order valence-electron chi connectivity index (χ1n) is 6.82. The average molecular weight is 268 g/mol. The Morgan fingerprint density at radius 2 is 1.85 bits per heavy atom. The van der Waals surface area contributed by atoms with E-state index in [4.69, 9.17) is 0 Å². The Hall–Kier alpha value is -2.16. The normalized spacial score (nSPS) is 11.9. The molecule has 0 aliphatic heterocycles. The number of rotatable bonds is 2. The molecule has 0 amide bonds. The SMILES string of the molecule is Cc1ccc(C(=O)n2ccccc2=NC(C)C)cc1C. The zero-order chi connectivity index (χ0) is 14.7. The fraction of sp³-hybridized carbons (Fsp3) is 0.294. The van der Waals surface area contributed by atoms with Crippen LogP contribution in [0.3, 0.4) is 0 Å². The standard InChI is InChI=1S/C17H20N2O/c1-12(2)18-16-7-5-6-10-19(16)17(20)15-9-8-13(3)14(4)11-15/h5-12H,1-4H3. The van der Waals surface area contributed by atoms with Crippen LogP contribution in [0.1, 0.15) is 35.3 Å². The highest BCUT2D eigenvalue weighted by molar-refractivity contribution is 5.96. The minimum absolute atomic E-state index is 0.0481. The van der Waals surface area contributed by atoms with Crippen molar-refractivity contribution in [1.82, 2.24) is 4.57 Å². The van der Waals surface area contributed by atoms with E-state index in [1.54, 1.807) is 10.8 Å². The van der Waals surface area contributed by atoms with Crippen molar-refractivity contribution >= 4 is 5.91 Å². The Balaban J connectivity index is 2.51. The maximum absolute atomic E-state index is 12.6. The van der Waals surface area contributed by atoms with E-state index in [1.165, 1.54) is 5.56 Å². The van der Waals surface area contributed by atoms with Gasteiger partial charge in [-0.1, -0.05) is 12.1 Å². The van der Waals surface area contributed by atoms with Crippen LogP contribution in [-0.2, 0) is 0 Å². The van der Waals surface area contributed by atoms with E-state index in [0.717, 1.165) is 5.56 Å². The Kier molecular flexibility index (Phi) is 4.18. The summed E-state index contributed by atoms with van der Waals surface area (Å²) in [6.45, 7) is 8.05. The summed E-state index contributed by atoms with van der Waals surface area (Å²) in [5, 5.41) is 0. The highest BCUT2D eigenvalue weighted by Gasteiger charge is 2.09. The number of benzene rings is 1. The minimum atomic E-state index is -0.0481. The van der Waals surface area contributed by atoms with Crippen molar-refractivity contribution in [1.29, 1.82) is 0 Å². The van der Waals surface area contributed by atoms with Crippen LogP contribution in [0, 0.1) is 13.8 Å². The molecule has 3 heteroatoms. The van der Waals surface area contributed by atoms with E-state index in [1.807, 2.05) is 64.1 Å². The third kappa shape index (κ3) is 3.05. The fourth-order valence-corrected chi connectivity index (χ4v) is 1.99. The Morgan fingerprint density at radius 3 is 2.50 bits per heavy atom. The highest BCUT2D eigenvalue weighted by atomic mass is 16.2. The van der Waals surface area contributed by atoms with Gasteiger partial charge in [0.2, 0.25) is 0 Å². The van der Waals surface area contributed by atoms with E-state index < -0.39 is 0 Å². The molecule has 2 rings (SSSR count). The van der Waals surface area contributed by atoms with E-state index in [0.29, 0.717) is 11.1 Å². The molecule has 3 nitrogen and oxygen atoms in total. The lowest BCUT2D eigenvalue weighted by atomic mass is 10.1. The number of carbonyl (C=O) groups is 1. The second kappa shape index (κ2) is 5.87. The molecular weight excluding hydrogens is 248 g/mol. The summed E-state index contributed by atoms with van der Waals surface area (Å²) < 4.78 is 1.60. The molecule has 0 saturated carbocycles. The molecule has 0 N–H and O–H groups in total. The van der Waals surface area contributed by atoms with E-state index >= 15 is 0 Å². The topological polar surface area (TPSA) is 34.4 Å². The molecule has 0 unspecified atom stereocenters. The number of aryl methyl sites for hydroxylation is 2. The van der Waals surface area contributed by atoms with Crippen LogP contribution in [0.5, 0.6) is 0 Å². The van der Waals surface area contributed by atoms with Gasteiger partial charge in [0.15, 0.2) is 0 Å². The summed E-state index contributed by atoms with van der Waals surface area (Å²) in [6, 6.07) is 11.5. The summed E-state index contributed by atoms with van der Waals surface area (Å²) in [6.07, 6.45) is 1.76. The molecule has 0 aliphatic carbocycles. The lowest BCUT2D eigenvalue weighted by molar-refractivity contribution is 0.0954. The van der Waals surface area contributed by atoms with Crippen LogP contribution in [0.25, 0.3) is 0 Å². The van der Waals surface area contributed by atoms with Gasteiger partial charge >= 0.3 is 0 Å². The number of nitrogens with zero attached hydrogens (tertiary/aromatic N) is 2. The Labute approximate surface area is 119 Å². The first-order valence-corrected chi connectivity index (χ1v) is 6.82. The molecule has 1 heterocycles. The predicted octanol–water partition coefficient (Wildman–Crippen LogP) is 3.10. The molecule has 0 atom stereocenters. The number of hydrogen-bond donors (Lipinski definition) is 0. The van der Waals surface area contributed by atoms with E-state index in [9.17, 15) is 4.79 Å². The largest absolute Gasteiger partial charge is 0.268 e. The molecule has 0 bridgehead atoms. The van der Waals surface area contributed by atoms with Crippen LogP contribution < -0.4 is 5.49 Å². The van der Waals surface area contributed by atoms with Gasteiger partial charge in [-0.2, -0.15) is 0 Å². The van der Waals surface area contributed by atoms with Crippen molar-refractivity contribution in [2.75, 3.05) is 0 Å². The monoisotopic (exact) mass is 268 g/mol.